The van der Waals surface area contributed by atoms with E-state index >= 15 is 0 Å². The summed E-state index contributed by atoms with van der Waals surface area (Å²) in [7, 11) is 0. The van der Waals surface area contributed by atoms with Crippen molar-refractivity contribution in [3.05, 3.63) is 182 Å². The van der Waals surface area contributed by atoms with Crippen LogP contribution in [0.3, 0.4) is 0 Å². The summed E-state index contributed by atoms with van der Waals surface area (Å²) in [6.07, 6.45) is 0. The molecule has 11 rings (SSSR count). The molecule has 0 spiro atoms. The molecule has 0 N–H and O–H groups in total. The monoisotopic (exact) mass is 714 g/mol. The molecule has 8 aromatic carbocycles. The van der Waals surface area contributed by atoms with Crippen LogP contribution in [-0.2, 0) is 0 Å². The first-order chi connectivity index (χ1) is 25.3. The van der Waals surface area contributed by atoms with E-state index in [1.165, 1.54) is 90.8 Å². The summed E-state index contributed by atoms with van der Waals surface area (Å²) in [6, 6.07) is 67.0. The van der Waals surface area contributed by atoms with Crippen LogP contribution in [0.25, 0.3) is 96.5 Å². The fourth-order valence-electron chi connectivity index (χ4n) is 8.19. The van der Waals surface area contributed by atoms with Crippen molar-refractivity contribution in [3.63, 3.8) is 0 Å². The van der Waals surface area contributed by atoms with Gasteiger partial charge in [-0.2, -0.15) is 0 Å². The van der Waals surface area contributed by atoms with Gasteiger partial charge in [-0.05, 0) is 11.1 Å². The second-order valence-corrected chi connectivity index (χ2v) is 15.5. The molecule has 11 aromatic rings. The van der Waals surface area contributed by atoms with E-state index in [2.05, 4.69) is 191 Å². The molecule has 0 atom stereocenters. The van der Waals surface area contributed by atoms with Gasteiger partial charge in [-0.1, -0.05) is 54.6 Å². The summed E-state index contributed by atoms with van der Waals surface area (Å²) in [5.74, 6) is 0. The van der Waals surface area contributed by atoms with E-state index < -0.39 is 0 Å². The van der Waals surface area contributed by atoms with Crippen molar-refractivity contribution in [2.75, 3.05) is 0 Å². The normalized spacial score (nSPS) is 11.9. The molecule has 0 unspecified atom stereocenters. The maximum Gasteiger partial charge on any atom is -0.0538 e. The molecule has 3 heterocycles. The maximum absolute atomic E-state index is 2.53. The summed E-state index contributed by atoms with van der Waals surface area (Å²) in [5, 5.41) is 7.84. The Kier molecular flexibility index (Phi) is 6.30. The number of aromatic nitrogens is 2. The molecule has 0 fully saturated rings. The van der Waals surface area contributed by atoms with Gasteiger partial charge in [-0.3, -0.25) is 0 Å². The number of nitrogens with zero attached hydrogens (tertiary/aromatic N) is 2. The van der Waals surface area contributed by atoms with Gasteiger partial charge in [0.2, 0.25) is 0 Å². The van der Waals surface area contributed by atoms with Crippen LogP contribution in [0.4, 0.5) is 0 Å². The Labute approximate surface area is 300 Å². The van der Waals surface area contributed by atoms with Crippen molar-refractivity contribution in [2.45, 2.75) is 0 Å². The van der Waals surface area contributed by atoms with Crippen LogP contribution in [0, 0.1) is 0 Å². The molecule has 0 saturated carbocycles. The number of hydrogen-bond donors (Lipinski definition) is 0. The van der Waals surface area contributed by atoms with Crippen molar-refractivity contribution in [3.8, 4) is 33.6 Å². The average Bonchev–Trinajstić information content (AvgIpc) is 3.85. The molecule has 3 aromatic heterocycles. The fraction of sp³-hybridized carbons (Fsp3) is 0. The summed E-state index contributed by atoms with van der Waals surface area (Å²) in [5.41, 5.74) is 12.3. The Morgan fingerprint density at radius 2 is 0.843 bits per heavy atom. The molecule has 0 amide bonds. The van der Waals surface area contributed by atoms with Gasteiger partial charge in [0.15, 0.2) is 0 Å². The van der Waals surface area contributed by atoms with Crippen LogP contribution >= 0.6 is 0 Å². The van der Waals surface area contributed by atoms with Gasteiger partial charge in [0.25, 0.3) is 0 Å². The first-order valence-corrected chi connectivity index (χ1v) is 19.1. The zero-order valence-corrected chi connectivity index (χ0v) is 29.3. The predicted octanol–water partition coefficient (Wildman–Crippen LogP) is 12.6. The van der Waals surface area contributed by atoms with E-state index in [0.29, 0.717) is 0 Å². The Hall–Kier alpha value is -6.12. The second-order valence-electron chi connectivity index (χ2n) is 13.3. The van der Waals surface area contributed by atoms with E-state index in [4.69, 9.17) is 0 Å². The third-order valence-electron chi connectivity index (χ3n) is 10.5. The van der Waals surface area contributed by atoms with Gasteiger partial charge in [-0.15, -0.1) is 0 Å². The minimum absolute atomic E-state index is 0.243. The van der Waals surface area contributed by atoms with Crippen molar-refractivity contribution >= 4 is 77.4 Å². The van der Waals surface area contributed by atoms with E-state index in [1.807, 2.05) is 0 Å². The zero-order chi connectivity index (χ0) is 33.5. The zero-order valence-electron chi connectivity index (χ0n) is 27.6. The van der Waals surface area contributed by atoms with Gasteiger partial charge in [0, 0.05) is 0 Å². The second kappa shape index (κ2) is 11.2. The molecule has 2 nitrogen and oxygen atoms in total. The Morgan fingerprint density at radius 3 is 1.59 bits per heavy atom. The summed E-state index contributed by atoms with van der Waals surface area (Å²) >= 11 is 0.243. The van der Waals surface area contributed by atoms with Crippen LogP contribution in [0.5, 0.6) is 0 Å². The molecule has 238 valence electrons. The minimum atomic E-state index is 0.243. The number of hydrogen-bond acceptors (Lipinski definition) is 0. The van der Waals surface area contributed by atoms with Crippen LogP contribution < -0.4 is 0 Å². The number of para-hydroxylation sites is 2. The van der Waals surface area contributed by atoms with Crippen molar-refractivity contribution in [2.24, 2.45) is 0 Å². The van der Waals surface area contributed by atoms with Gasteiger partial charge >= 0.3 is 236 Å². The summed E-state index contributed by atoms with van der Waals surface area (Å²) in [6.45, 7) is 0. The van der Waals surface area contributed by atoms with Crippen LogP contribution in [-0.4, -0.2) is 23.6 Å². The SMILES string of the molecule is c1ccc(-c2ccc(-c3cccc(-n4c5ccccc5c5cc6c(cc54)c4ccccc4n6-c4cccc5c4[se]c4ccccc45)c3)cc2)cc1. The quantitative estimate of drug-likeness (QED) is 0.161. The molecule has 0 bridgehead atoms. The van der Waals surface area contributed by atoms with Crippen LogP contribution in [0.15, 0.2) is 182 Å². The average molecular weight is 714 g/mol. The van der Waals surface area contributed by atoms with Gasteiger partial charge < -0.3 is 0 Å². The molecule has 0 aliphatic carbocycles. The molecule has 3 heteroatoms. The standard InChI is InChI=1S/C48H30N2Se/c1-2-12-31(13-3-1)32-24-26-33(27-25-32)34-14-10-15-35(28-34)49-42-20-7-4-16-36(42)40-30-46-41(29-45(40)49)37-17-5-8-21-43(37)50(46)44-22-11-19-39-38-18-6-9-23-47(38)51-48(39)44/h1-30H. The molecule has 0 aliphatic rings. The largest absolute Gasteiger partial charge is 0.0617 e. The number of benzene rings is 8. The predicted molar refractivity (Wildman–Crippen MR) is 218 cm³/mol. The van der Waals surface area contributed by atoms with E-state index in [9.17, 15) is 0 Å². The first kappa shape index (κ1) is 28.7. The molecule has 0 aliphatic heterocycles. The molecule has 0 saturated heterocycles. The Bertz CT molecular complexity index is 3120. The van der Waals surface area contributed by atoms with Gasteiger partial charge in [0.05, 0.1) is 0 Å². The summed E-state index contributed by atoms with van der Waals surface area (Å²) in [4.78, 5) is 0. The van der Waals surface area contributed by atoms with E-state index in [1.54, 1.807) is 0 Å². The first-order valence-electron chi connectivity index (χ1n) is 17.4. The van der Waals surface area contributed by atoms with E-state index in [-0.39, 0.29) is 14.5 Å². The molecular formula is C48H30N2Se. The Morgan fingerprint density at radius 1 is 0.314 bits per heavy atom. The fourth-order valence-corrected chi connectivity index (χ4v) is 10.7. The van der Waals surface area contributed by atoms with Crippen LogP contribution in [0.2, 0.25) is 0 Å². The molecule has 51 heavy (non-hydrogen) atoms. The Balaban J connectivity index is 1.14. The smallest absolute Gasteiger partial charge is 0.0538 e. The van der Waals surface area contributed by atoms with Crippen molar-refractivity contribution < 1.29 is 0 Å². The third-order valence-corrected chi connectivity index (χ3v) is 13.1. The topological polar surface area (TPSA) is 9.86 Å². The molecular weight excluding hydrogens is 684 g/mol. The minimum Gasteiger partial charge on any atom is -0.0617 e. The maximum atomic E-state index is 2.53. The van der Waals surface area contributed by atoms with Crippen LogP contribution in [0.1, 0.15) is 0 Å². The van der Waals surface area contributed by atoms with Crippen molar-refractivity contribution in [1.29, 1.82) is 0 Å². The summed E-state index contributed by atoms with van der Waals surface area (Å²) < 4.78 is 7.92. The number of rotatable bonds is 4. The van der Waals surface area contributed by atoms with Crippen molar-refractivity contribution in [1.82, 2.24) is 9.13 Å². The van der Waals surface area contributed by atoms with Gasteiger partial charge in [0.1, 0.15) is 0 Å². The van der Waals surface area contributed by atoms with E-state index in [0.717, 1.165) is 5.69 Å². The third kappa shape index (κ3) is 4.36. The van der Waals surface area contributed by atoms with Gasteiger partial charge in [-0.25, -0.2) is 0 Å². The molecule has 0 radical (unpaired) electrons. The number of fused-ring (bicyclic) bond motifs is 9.